The van der Waals surface area contributed by atoms with Crippen LogP contribution in [0.4, 0.5) is 5.82 Å². The average Bonchev–Trinajstić information content (AvgIpc) is 3.02. The fraction of sp³-hybridized carbons (Fsp3) is 0.667. The van der Waals surface area contributed by atoms with E-state index in [2.05, 4.69) is 15.0 Å². The van der Waals surface area contributed by atoms with E-state index in [0.717, 1.165) is 0 Å². The average molecular weight is 346 g/mol. The van der Waals surface area contributed by atoms with Crippen LogP contribution in [0.3, 0.4) is 0 Å². The minimum Gasteiger partial charge on any atom is -0.382 e. The number of carbonyl (C=O) groups excluding carboxylic acids is 2. The van der Waals surface area contributed by atoms with Gasteiger partial charge in [0.15, 0.2) is 5.82 Å². The molecule has 0 spiro atoms. The fourth-order valence-electron chi connectivity index (χ4n) is 1.87. The van der Waals surface area contributed by atoms with Gasteiger partial charge in [-0.25, -0.2) is 0 Å². The van der Waals surface area contributed by atoms with Gasteiger partial charge < -0.3 is 19.5 Å². The van der Waals surface area contributed by atoms with Crippen molar-refractivity contribution < 1.29 is 18.8 Å². The van der Waals surface area contributed by atoms with Crippen LogP contribution in [0.1, 0.15) is 27.2 Å². The molecule has 1 N–H and O–H groups in total. The lowest BCUT2D eigenvalue weighted by molar-refractivity contribution is -0.141. The van der Waals surface area contributed by atoms with E-state index in [0.29, 0.717) is 32.0 Å². The lowest BCUT2D eigenvalue weighted by Crippen LogP contribution is -2.46. The molecule has 0 atom stereocenters. The van der Waals surface area contributed by atoms with Gasteiger partial charge in [0.1, 0.15) is 6.26 Å². The molecule has 130 valence electrons. The Bertz CT molecular complexity index is 491. The van der Waals surface area contributed by atoms with Crippen LogP contribution in [0.25, 0.3) is 0 Å². The maximum Gasteiger partial charge on any atom is 0.245 e. The highest BCUT2D eigenvalue weighted by molar-refractivity contribution is 6.19. The molecule has 0 saturated heterocycles. The highest BCUT2D eigenvalue weighted by Gasteiger charge is 2.32. The van der Waals surface area contributed by atoms with Crippen LogP contribution in [-0.4, -0.2) is 54.1 Å². The van der Waals surface area contributed by atoms with Gasteiger partial charge in [-0.05, 0) is 27.2 Å². The first-order valence-corrected chi connectivity index (χ1v) is 8.07. The van der Waals surface area contributed by atoms with E-state index in [9.17, 15) is 9.59 Å². The van der Waals surface area contributed by atoms with Gasteiger partial charge >= 0.3 is 0 Å². The summed E-state index contributed by atoms with van der Waals surface area (Å²) in [5.41, 5.74) is -0.735. The van der Waals surface area contributed by atoms with E-state index >= 15 is 0 Å². The van der Waals surface area contributed by atoms with Gasteiger partial charge in [-0.2, -0.15) is 0 Å². The van der Waals surface area contributed by atoms with Crippen LogP contribution in [0, 0.1) is 5.41 Å². The summed E-state index contributed by atoms with van der Waals surface area (Å²) in [5.74, 6) is -0.0136. The molecule has 0 aliphatic carbocycles. The van der Waals surface area contributed by atoms with E-state index in [1.807, 2.05) is 6.92 Å². The molecule has 0 aliphatic heterocycles. The summed E-state index contributed by atoms with van der Waals surface area (Å²) in [6.45, 7) is 6.93. The van der Waals surface area contributed by atoms with E-state index in [1.165, 1.54) is 17.2 Å². The molecule has 0 aromatic carbocycles. The number of hydrogen-bond donors (Lipinski definition) is 1. The highest BCUT2D eigenvalue weighted by Crippen LogP contribution is 2.21. The molecular weight excluding hydrogens is 322 g/mol. The summed E-state index contributed by atoms with van der Waals surface area (Å²) < 4.78 is 9.93. The first-order chi connectivity index (χ1) is 10.9. The summed E-state index contributed by atoms with van der Waals surface area (Å²) >= 11 is 5.87. The Morgan fingerprint density at radius 3 is 2.78 bits per heavy atom. The van der Waals surface area contributed by atoms with Crippen molar-refractivity contribution in [2.75, 3.05) is 37.5 Å². The zero-order chi connectivity index (χ0) is 17.3. The summed E-state index contributed by atoms with van der Waals surface area (Å²) in [6, 6.07) is 1.53. The summed E-state index contributed by atoms with van der Waals surface area (Å²) in [4.78, 5) is 26.2. The summed E-state index contributed by atoms with van der Waals surface area (Å²) in [5, 5.41) is 6.18. The number of hydrogen-bond acceptors (Lipinski definition) is 5. The number of halogens is 1. The molecule has 0 radical (unpaired) electrons. The second-order valence-electron chi connectivity index (χ2n) is 5.73. The molecule has 0 bridgehead atoms. The summed E-state index contributed by atoms with van der Waals surface area (Å²) in [7, 11) is 0. The molecule has 1 heterocycles. The number of anilines is 1. The van der Waals surface area contributed by atoms with Gasteiger partial charge in [0.25, 0.3) is 0 Å². The first-order valence-electron chi connectivity index (χ1n) is 7.54. The fourth-order valence-corrected chi connectivity index (χ4v) is 1.99. The first kappa shape index (κ1) is 19.4. The van der Waals surface area contributed by atoms with E-state index in [1.54, 1.807) is 13.8 Å². The Kier molecular flexibility index (Phi) is 8.05. The van der Waals surface area contributed by atoms with E-state index in [-0.39, 0.29) is 24.2 Å². The monoisotopic (exact) mass is 345 g/mol. The minimum absolute atomic E-state index is 0.0713. The van der Waals surface area contributed by atoms with Crippen molar-refractivity contribution in [2.45, 2.75) is 27.2 Å². The molecular formula is C15H24ClN3O4. The van der Waals surface area contributed by atoms with E-state index < -0.39 is 5.41 Å². The topological polar surface area (TPSA) is 84.7 Å². The maximum absolute atomic E-state index is 12.6. The molecule has 1 aromatic heterocycles. The van der Waals surface area contributed by atoms with Crippen LogP contribution in [0.15, 0.2) is 16.9 Å². The third-order valence-corrected chi connectivity index (χ3v) is 3.83. The van der Waals surface area contributed by atoms with Gasteiger partial charge in [0, 0.05) is 31.7 Å². The summed E-state index contributed by atoms with van der Waals surface area (Å²) in [6.07, 6.45) is 2.01. The lowest BCUT2D eigenvalue weighted by Gasteiger charge is -2.30. The number of carbonyl (C=O) groups is 2. The largest absolute Gasteiger partial charge is 0.382 e. The SMILES string of the molecule is CCOCCCN(CC(=O)Nc1ccon1)C(=O)C(C)(C)CCl. The smallest absolute Gasteiger partial charge is 0.245 e. The molecule has 0 unspecified atom stereocenters. The molecule has 0 saturated carbocycles. The number of nitrogens with zero attached hydrogens (tertiary/aromatic N) is 2. The molecule has 0 fully saturated rings. The molecule has 2 amide bonds. The van der Waals surface area contributed by atoms with Crippen molar-refractivity contribution in [3.8, 4) is 0 Å². The second-order valence-corrected chi connectivity index (χ2v) is 5.99. The predicted octanol–water partition coefficient (Wildman–Crippen LogP) is 2.13. The number of rotatable bonds is 10. The van der Waals surface area contributed by atoms with Crippen LogP contribution in [0.2, 0.25) is 0 Å². The van der Waals surface area contributed by atoms with Gasteiger partial charge in [0.05, 0.1) is 12.0 Å². The Labute approximate surface area is 141 Å². The molecule has 1 aromatic rings. The van der Waals surface area contributed by atoms with Crippen LogP contribution < -0.4 is 5.32 Å². The molecule has 7 nitrogen and oxygen atoms in total. The van der Waals surface area contributed by atoms with Crippen molar-refractivity contribution in [1.82, 2.24) is 10.1 Å². The van der Waals surface area contributed by atoms with Crippen molar-refractivity contribution in [1.29, 1.82) is 0 Å². The zero-order valence-electron chi connectivity index (χ0n) is 13.8. The molecule has 1 rings (SSSR count). The van der Waals surface area contributed by atoms with Gasteiger partial charge in [-0.1, -0.05) is 5.16 Å². The van der Waals surface area contributed by atoms with Crippen molar-refractivity contribution in [3.63, 3.8) is 0 Å². The van der Waals surface area contributed by atoms with Crippen molar-refractivity contribution >= 4 is 29.2 Å². The third kappa shape index (κ3) is 6.58. The van der Waals surface area contributed by atoms with Gasteiger partial charge in [-0.15, -0.1) is 11.6 Å². The lowest BCUT2D eigenvalue weighted by atomic mass is 9.94. The van der Waals surface area contributed by atoms with Crippen molar-refractivity contribution in [3.05, 3.63) is 12.3 Å². The van der Waals surface area contributed by atoms with Crippen LogP contribution in [-0.2, 0) is 14.3 Å². The number of nitrogens with one attached hydrogen (secondary N) is 1. The minimum atomic E-state index is -0.735. The molecule has 0 aliphatic rings. The van der Waals surface area contributed by atoms with Gasteiger partial charge in [0.2, 0.25) is 11.8 Å². The van der Waals surface area contributed by atoms with Gasteiger partial charge in [-0.3, -0.25) is 9.59 Å². The zero-order valence-corrected chi connectivity index (χ0v) is 14.6. The number of amides is 2. The van der Waals surface area contributed by atoms with Crippen LogP contribution >= 0.6 is 11.6 Å². The van der Waals surface area contributed by atoms with E-state index in [4.69, 9.17) is 16.3 Å². The second kappa shape index (κ2) is 9.52. The van der Waals surface area contributed by atoms with Crippen molar-refractivity contribution in [2.24, 2.45) is 5.41 Å². The number of aromatic nitrogens is 1. The number of ether oxygens (including phenoxy) is 1. The predicted molar refractivity (Wildman–Crippen MR) is 87.3 cm³/mol. The Morgan fingerprint density at radius 1 is 1.48 bits per heavy atom. The normalized spacial score (nSPS) is 11.3. The Morgan fingerprint density at radius 2 is 2.22 bits per heavy atom. The molecule has 8 heteroatoms. The quantitative estimate of drug-likeness (QED) is 0.518. The Balaban J connectivity index is 2.65. The standard InChI is InChI=1S/C15H24ClN3O4/c1-4-22-8-5-7-19(14(21)15(2,3)11-16)10-13(20)17-12-6-9-23-18-12/h6,9H,4-5,7-8,10-11H2,1-3H3,(H,17,18,20). The highest BCUT2D eigenvalue weighted by atomic mass is 35.5. The van der Waals surface area contributed by atoms with Crippen LogP contribution in [0.5, 0.6) is 0 Å². The Hall–Kier alpha value is -1.60. The number of alkyl halides is 1. The maximum atomic E-state index is 12.6. The molecule has 23 heavy (non-hydrogen) atoms. The third-order valence-electron chi connectivity index (χ3n) is 3.16.